The zero-order valence-corrected chi connectivity index (χ0v) is 14.0. The van der Waals surface area contributed by atoms with Gasteiger partial charge in [-0.1, -0.05) is 30.3 Å². The predicted octanol–water partition coefficient (Wildman–Crippen LogP) is 2.51. The lowest BCUT2D eigenvalue weighted by molar-refractivity contribution is 0.0398. The van der Waals surface area contributed by atoms with Gasteiger partial charge in [0.1, 0.15) is 10.8 Å². The lowest BCUT2D eigenvalue weighted by Crippen LogP contribution is -2.39. The molecule has 0 saturated carbocycles. The van der Waals surface area contributed by atoms with Gasteiger partial charge in [0.2, 0.25) is 0 Å². The van der Waals surface area contributed by atoms with Crippen LogP contribution in [0, 0.1) is 0 Å². The van der Waals surface area contributed by atoms with Gasteiger partial charge in [-0.2, -0.15) is 0 Å². The number of nitrogens with zero attached hydrogens (tertiary/aromatic N) is 3. The molecule has 0 amide bonds. The van der Waals surface area contributed by atoms with Gasteiger partial charge in [-0.3, -0.25) is 9.88 Å². The molecule has 0 aliphatic carbocycles. The van der Waals surface area contributed by atoms with Gasteiger partial charge in [0.15, 0.2) is 0 Å². The summed E-state index contributed by atoms with van der Waals surface area (Å²) in [7, 11) is 0. The highest BCUT2D eigenvalue weighted by Crippen LogP contribution is 2.20. The second-order valence-corrected chi connectivity index (χ2v) is 6.39. The highest BCUT2D eigenvalue weighted by atomic mass is 32.2. The minimum atomic E-state index is 0.839. The number of morpholine rings is 1. The van der Waals surface area contributed by atoms with Gasteiger partial charge in [0.25, 0.3) is 0 Å². The second kappa shape index (κ2) is 8.86. The number of ether oxygens (including phenoxy) is 1. The van der Waals surface area contributed by atoms with Crippen LogP contribution in [0.3, 0.4) is 0 Å². The van der Waals surface area contributed by atoms with Gasteiger partial charge in [0, 0.05) is 31.9 Å². The molecule has 0 unspecified atom stereocenters. The van der Waals surface area contributed by atoms with Crippen molar-refractivity contribution in [1.29, 1.82) is 0 Å². The number of hydrogen-bond acceptors (Lipinski definition) is 6. The van der Waals surface area contributed by atoms with E-state index in [4.69, 9.17) is 4.74 Å². The SMILES string of the molecule is c1ccc(CSc2cncc(NCCN3CCOCC3)n2)cc1. The van der Waals surface area contributed by atoms with E-state index < -0.39 is 0 Å². The number of benzene rings is 1. The first-order valence-electron chi connectivity index (χ1n) is 7.93. The van der Waals surface area contributed by atoms with Crippen LogP contribution in [-0.4, -0.2) is 54.3 Å². The summed E-state index contributed by atoms with van der Waals surface area (Å²) in [4.78, 5) is 11.3. The average molecular weight is 330 g/mol. The molecule has 1 aliphatic heterocycles. The topological polar surface area (TPSA) is 50.3 Å². The van der Waals surface area contributed by atoms with E-state index in [0.29, 0.717) is 0 Å². The molecule has 1 aromatic heterocycles. The third-order valence-electron chi connectivity index (χ3n) is 3.68. The summed E-state index contributed by atoms with van der Waals surface area (Å²) in [5.41, 5.74) is 1.30. The van der Waals surface area contributed by atoms with Gasteiger partial charge in [-0.15, -0.1) is 11.8 Å². The van der Waals surface area contributed by atoms with E-state index in [0.717, 1.165) is 56.0 Å². The Hall–Kier alpha value is -1.63. The van der Waals surface area contributed by atoms with Gasteiger partial charge in [0.05, 0.1) is 25.6 Å². The molecule has 0 radical (unpaired) electrons. The number of anilines is 1. The van der Waals surface area contributed by atoms with Crippen molar-refractivity contribution in [2.75, 3.05) is 44.7 Å². The highest BCUT2D eigenvalue weighted by molar-refractivity contribution is 7.98. The number of thioether (sulfide) groups is 1. The van der Waals surface area contributed by atoms with E-state index in [1.54, 1.807) is 18.0 Å². The molecule has 0 spiro atoms. The van der Waals surface area contributed by atoms with Crippen LogP contribution in [0.15, 0.2) is 47.8 Å². The molecule has 2 heterocycles. The van der Waals surface area contributed by atoms with Gasteiger partial charge >= 0.3 is 0 Å². The summed E-state index contributed by atoms with van der Waals surface area (Å²) in [6.45, 7) is 5.59. The number of rotatable bonds is 7. The largest absolute Gasteiger partial charge is 0.379 e. The maximum absolute atomic E-state index is 5.36. The molecule has 3 rings (SSSR count). The van der Waals surface area contributed by atoms with E-state index in [1.165, 1.54) is 5.56 Å². The monoisotopic (exact) mass is 330 g/mol. The van der Waals surface area contributed by atoms with Crippen molar-refractivity contribution in [1.82, 2.24) is 14.9 Å². The Morgan fingerprint density at radius 1 is 1.13 bits per heavy atom. The molecule has 23 heavy (non-hydrogen) atoms. The molecule has 1 saturated heterocycles. The van der Waals surface area contributed by atoms with Gasteiger partial charge in [-0.05, 0) is 5.56 Å². The molecule has 0 atom stereocenters. The zero-order chi connectivity index (χ0) is 15.7. The van der Waals surface area contributed by atoms with Crippen molar-refractivity contribution >= 4 is 17.6 Å². The molecule has 6 heteroatoms. The first-order chi connectivity index (χ1) is 11.4. The fourth-order valence-electron chi connectivity index (χ4n) is 2.40. The fourth-order valence-corrected chi connectivity index (χ4v) is 3.21. The van der Waals surface area contributed by atoms with Gasteiger partial charge < -0.3 is 10.1 Å². The predicted molar refractivity (Wildman–Crippen MR) is 93.8 cm³/mol. The quantitative estimate of drug-likeness (QED) is 0.787. The summed E-state index contributed by atoms with van der Waals surface area (Å²) in [6.07, 6.45) is 3.60. The lowest BCUT2D eigenvalue weighted by atomic mass is 10.2. The van der Waals surface area contributed by atoms with E-state index in [1.807, 2.05) is 12.3 Å². The van der Waals surface area contributed by atoms with Crippen LogP contribution < -0.4 is 5.32 Å². The van der Waals surface area contributed by atoms with Crippen LogP contribution in [0.4, 0.5) is 5.82 Å². The number of nitrogens with one attached hydrogen (secondary N) is 1. The molecule has 1 aliphatic rings. The Balaban J connectivity index is 1.45. The van der Waals surface area contributed by atoms with Crippen LogP contribution in [0.5, 0.6) is 0 Å². The van der Waals surface area contributed by atoms with Crippen molar-refractivity contribution in [2.24, 2.45) is 0 Å². The molecule has 2 aromatic rings. The maximum Gasteiger partial charge on any atom is 0.145 e. The fraction of sp³-hybridized carbons (Fsp3) is 0.412. The van der Waals surface area contributed by atoms with Crippen LogP contribution in [0.2, 0.25) is 0 Å². The molecule has 1 fully saturated rings. The van der Waals surface area contributed by atoms with E-state index in [-0.39, 0.29) is 0 Å². The summed E-state index contributed by atoms with van der Waals surface area (Å²) in [5, 5.41) is 4.31. The standard InChI is InChI=1S/C17H22N4OS/c1-2-4-15(5-3-1)14-23-17-13-18-12-16(20-17)19-6-7-21-8-10-22-11-9-21/h1-5,12-13H,6-11,14H2,(H,19,20). The second-order valence-electron chi connectivity index (χ2n) is 5.40. The first-order valence-corrected chi connectivity index (χ1v) is 8.91. The smallest absolute Gasteiger partial charge is 0.145 e. The molecular weight excluding hydrogens is 308 g/mol. The van der Waals surface area contributed by atoms with Crippen molar-refractivity contribution in [3.63, 3.8) is 0 Å². The minimum absolute atomic E-state index is 0.839. The molecular formula is C17H22N4OS. The Morgan fingerprint density at radius 3 is 2.78 bits per heavy atom. The number of hydrogen-bond donors (Lipinski definition) is 1. The Kier molecular flexibility index (Phi) is 6.25. The average Bonchev–Trinajstić information content (AvgIpc) is 2.62. The normalized spacial score (nSPS) is 15.5. The molecule has 1 aromatic carbocycles. The van der Waals surface area contributed by atoms with Crippen LogP contribution >= 0.6 is 11.8 Å². The Labute approximate surface area is 141 Å². The van der Waals surface area contributed by atoms with Crippen LogP contribution in [0.25, 0.3) is 0 Å². The lowest BCUT2D eigenvalue weighted by Gasteiger charge is -2.26. The van der Waals surface area contributed by atoms with Crippen molar-refractivity contribution in [3.05, 3.63) is 48.3 Å². The molecule has 5 nitrogen and oxygen atoms in total. The van der Waals surface area contributed by atoms with Crippen molar-refractivity contribution in [2.45, 2.75) is 10.8 Å². The zero-order valence-electron chi connectivity index (χ0n) is 13.1. The Morgan fingerprint density at radius 2 is 1.96 bits per heavy atom. The molecule has 0 bridgehead atoms. The summed E-state index contributed by atoms with van der Waals surface area (Å²) < 4.78 is 5.36. The summed E-state index contributed by atoms with van der Waals surface area (Å²) in [5.74, 6) is 1.75. The van der Waals surface area contributed by atoms with E-state index in [2.05, 4.69) is 44.5 Å². The first kappa shape index (κ1) is 16.2. The third-order valence-corrected chi connectivity index (χ3v) is 4.65. The summed E-state index contributed by atoms with van der Waals surface area (Å²) in [6, 6.07) is 10.4. The van der Waals surface area contributed by atoms with E-state index in [9.17, 15) is 0 Å². The van der Waals surface area contributed by atoms with Gasteiger partial charge in [-0.25, -0.2) is 4.98 Å². The minimum Gasteiger partial charge on any atom is -0.379 e. The van der Waals surface area contributed by atoms with E-state index >= 15 is 0 Å². The number of aromatic nitrogens is 2. The summed E-state index contributed by atoms with van der Waals surface area (Å²) >= 11 is 1.71. The Bertz CT molecular complexity index is 590. The molecule has 1 N–H and O–H groups in total. The maximum atomic E-state index is 5.36. The molecule has 122 valence electrons. The van der Waals surface area contributed by atoms with Crippen molar-refractivity contribution in [3.8, 4) is 0 Å². The van der Waals surface area contributed by atoms with Crippen LogP contribution in [-0.2, 0) is 10.5 Å². The highest BCUT2D eigenvalue weighted by Gasteiger charge is 2.09. The third kappa shape index (κ3) is 5.49. The van der Waals surface area contributed by atoms with Crippen molar-refractivity contribution < 1.29 is 4.74 Å². The van der Waals surface area contributed by atoms with Crippen LogP contribution in [0.1, 0.15) is 5.56 Å².